The Labute approximate surface area is 106 Å². The first kappa shape index (κ1) is 17.0. The summed E-state index contributed by atoms with van der Waals surface area (Å²) in [5.74, 6) is -1.12. The molecule has 0 aliphatic carbocycles. The van der Waals surface area contributed by atoms with Gasteiger partial charge in [-0.2, -0.15) is 13.2 Å². The number of nitrogens with zero attached hydrogens (tertiary/aromatic N) is 1. The first-order chi connectivity index (χ1) is 7.54. The minimum absolute atomic E-state index is 0. The van der Waals surface area contributed by atoms with Crippen LogP contribution in [0.2, 0.25) is 0 Å². The van der Waals surface area contributed by atoms with Crippen LogP contribution in [-0.2, 0) is 4.74 Å². The maximum absolute atomic E-state index is 12.4. The van der Waals surface area contributed by atoms with Crippen LogP contribution in [0.3, 0.4) is 0 Å². The van der Waals surface area contributed by atoms with E-state index < -0.39 is 12.1 Å². The average molecular weight is 277 g/mol. The van der Waals surface area contributed by atoms with Crippen molar-refractivity contribution in [2.45, 2.75) is 19.0 Å². The van der Waals surface area contributed by atoms with Gasteiger partial charge in [-0.3, -0.25) is 0 Å². The Hall–Kier alpha value is -0.0400. The third-order valence-electron chi connectivity index (χ3n) is 2.86. The number of likely N-dealkylation sites (tertiary alicyclic amines) is 1. The van der Waals surface area contributed by atoms with Crippen LogP contribution in [0.15, 0.2) is 0 Å². The third kappa shape index (κ3) is 6.45. The fraction of sp³-hybridized carbons (Fsp3) is 1.00. The van der Waals surface area contributed by atoms with Gasteiger partial charge in [-0.25, -0.2) is 0 Å². The molecule has 3 nitrogen and oxygen atoms in total. The van der Waals surface area contributed by atoms with Gasteiger partial charge in [-0.15, -0.1) is 12.4 Å². The molecular formula is C10H20ClF3N2O. The van der Waals surface area contributed by atoms with Gasteiger partial charge in [0, 0.05) is 13.1 Å². The summed E-state index contributed by atoms with van der Waals surface area (Å²) in [5, 5.41) is 0. The second-order valence-electron chi connectivity index (χ2n) is 4.06. The standard InChI is InChI=1S/C10H19F3N2O.ClH/c11-10(12,13)9-1-4-15(5-2-9)6-8-16-7-3-14;/h9H,1-8,14H2;1H. The van der Waals surface area contributed by atoms with Crippen LogP contribution in [0.4, 0.5) is 13.2 Å². The molecule has 0 aromatic heterocycles. The van der Waals surface area contributed by atoms with Crippen molar-refractivity contribution in [2.75, 3.05) is 39.4 Å². The highest BCUT2D eigenvalue weighted by atomic mass is 35.5. The summed E-state index contributed by atoms with van der Waals surface area (Å²) in [6.07, 6.45) is -3.61. The van der Waals surface area contributed by atoms with Crippen molar-refractivity contribution in [3.8, 4) is 0 Å². The molecule has 0 radical (unpaired) electrons. The van der Waals surface area contributed by atoms with E-state index >= 15 is 0 Å². The number of alkyl halides is 3. The van der Waals surface area contributed by atoms with E-state index in [2.05, 4.69) is 0 Å². The molecule has 0 atom stereocenters. The van der Waals surface area contributed by atoms with Crippen molar-refractivity contribution in [2.24, 2.45) is 11.7 Å². The fourth-order valence-electron chi connectivity index (χ4n) is 1.86. The summed E-state index contributed by atoms with van der Waals surface area (Å²) in [6, 6.07) is 0. The van der Waals surface area contributed by atoms with Gasteiger partial charge in [0.05, 0.1) is 19.1 Å². The van der Waals surface area contributed by atoms with E-state index in [9.17, 15) is 13.2 Å². The monoisotopic (exact) mass is 276 g/mol. The highest BCUT2D eigenvalue weighted by Gasteiger charge is 2.40. The number of hydrogen-bond acceptors (Lipinski definition) is 3. The van der Waals surface area contributed by atoms with Crippen LogP contribution < -0.4 is 5.73 Å². The van der Waals surface area contributed by atoms with Gasteiger partial charge in [0.2, 0.25) is 0 Å². The number of hydrogen-bond donors (Lipinski definition) is 1. The van der Waals surface area contributed by atoms with E-state index in [1.165, 1.54) is 0 Å². The molecular weight excluding hydrogens is 257 g/mol. The zero-order chi connectivity index (χ0) is 12.0. The van der Waals surface area contributed by atoms with Crippen LogP contribution in [0, 0.1) is 5.92 Å². The van der Waals surface area contributed by atoms with Gasteiger partial charge in [0.1, 0.15) is 0 Å². The molecule has 104 valence electrons. The van der Waals surface area contributed by atoms with E-state index in [4.69, 9.17) is 10.5 Å². The molecule has 0 bridgehead atoms. The van der Waals surface area contributed by atoms with Crippen LogP contribution in [0.25, 0.3) is 0 Å². The molecule has 1 aliphatic rings. The van der Waals surface area contributed by atoms with E-state index in [0.717, 1.165) is 0 Å². The van der Waals surface area contributed by atoms with Crippen molar-refractivity contribution in [1.29, 1.82) is 0 Å². The molecule has 1 rings (SSSR count). The summed E-state index contributed by atoms with van der Waals surface area (Å²) >= 11 is 0. The van der Waals surface area contributed by atoms with Gasteiger partial charge >= 0.3 is 6.18 Å². The maximum Gasteiger partial charge on any atom is 0.391 e. The van der Waals surface area contributed by atoms with E-state index in [-0.39, 0.29) is 25.2 Å². The number of rotatable bonds is 5. The highest BCUT2D eigenvalue weighted by Crippen LogP contribution is 2.33. The quantitative estimate of drug-likeness (QED) is 0.776. The fourth-order valence-corrected chi connectivity index (χ4v) is 1.86. The normalized spacial score (nSPS) is 19.1. The van der Waals surface area contributed by atoms with Gasteiger partial charge in [-0.1, -0.05) is 0 Å². The van der Waals surface area contributed by atoms with Crippen LogP contribution in [-0.4, -0.2) is 50.5 Å². The van der Waals surface area contributed by atoms with E-state index in [1.807, 2.05) is 4.90 Å². The lowest BCUT2D eigenvalue weighted by Gasteiger charge is -2.32. The molecule has 0 saturated carbocycles. The Balaban J connectivity index is 0.00000256. The number of ether oxygens (including phenoxy) is 1. The number of halogens is 4. The minimum Gasteiger partial charge on any atom is -0.379 e. The van der Waals surface area contributed by atoms with Crippen molar-refractivity contribution in [1.82, 2.24) is 4.90 Å². The lowest BCUT2D eigenvalue weighted by Crippen LogP contribution is -2.40. The molecule has 7 heteroatoms. The zero-order valence-electron chi connectivity index (χ0n) is 9.71. The van der Waals surface area contributed by atoms with E-state index in [0.29, 0.717) is 39.4 Å². The summed E-state index contributed by atoms with van der Waals surface area (Å²) < 4.78 is 42.3. The number of piperidine rings is 1. The molecule has 1 aliphatic heterocycles. The SMILES string of the molecule is Cl.NCCOCCN1CCC(C(F)(F)F)CC1. The summed E-state index contributed by atoms with van der Waals surface area (Å²) in [4.78, 5) is 2.01. The van der Waals surface area contributed by atoms with Crippen LogP contribution in [0.5, 0.6) is 0 Å². The average Bonchev–Trinajstić information content (AvgIpc) is 2.24. The molecule has 0 aromatic rings. The van der Waals surface area contributed by atoms with Gasteiger partial charge in [0.25, 0.3) is 0 Å². The molecule has 0 amide bonds. The largest absolute Gasteiger partial charge is 0.391 e. The first-order valence-electron chi connectivity index (χ1n) is 5.61. The maximum atomic E-state index is 12.4. The van der Waals surface area contributed by atoms with Crippen molar-refractivity contribution < 1.29 is 17.9 Å². The van der Waals surface area contributed by atoms with Crippen molar-refractivity contribution in [3.63, 3.8) is 0 Å². The van der Waals surface area contributed by atoms with Gasteiger partial charge in [0.15, 0.2) is 0 Å². The summed E-state index contributed by atoms with van der Waals surface area (Å²) in [7, 11) is 0. The van der Waals surface area contributed by atoms with Crippen molar-refractivity contribution >= 4 is 12.4 Å². The zero-order valence-corrected chi connectivity index (χ0v) is 10.5. The third-order valence-corrected chi connectivity index (χ3v) is 2.86. The molecule has 0 aromatic carbocycles. The Morgan fingerprint density at radius 3 is 2.24 bits per heavy atom. The number of nitrogens with two attached hydrogens (primary N) is 1. The highest BCUT2D eigenvalue weighted by molar-refractivity contribution is 5.85. The van der Waals surface area contributed by atoms with Crippen LogP contribution in [0.1, 0.15) is 12.8 Å². The van der Waals surface area contributed by atoms with Crippen LogP contribution >= 0.6 is 12.4 Å². The predicted octanol–water partition coefficient (Wildman–Crippen LogP) is 1.66. The van der Waals surface area contributed by atoms with Gasteiger partial charge in [-0.05, 0) is 25.9 Å². The lowest BCUT2D eigenvalue weighted by molar-refractivity contribution is -0.185. The Kier molecular flexibility index (Phi) is 8.11. The Morgan fingerprint density at radius 2 is 1.76 bits per heavy atom. The first-order valence-corrected chi connectivity index (χ1v) is 5.61. The molecule has 1 fully saturated rings. The molecule has 1 saturated heterocycles. The molecule has 17 heavy (non-hydrogen) atoms. The second-order valence-corrected chi connectivity index (χ2v) is 4.06. The Morgan fingerprint density at radius 1 is 1.18 bits per heavy atom. The van der Waals surface area contributed by atoms with E-state index in [1.54, 1.807) is 0 Å². The Bertz CT molecular complexity index is 196. The topological polar surface area (TPSA) is 38.5 Å². The predicted molar refractivity (Wildman–Crippen MR) is 62.3 cm³/mol. The lowest BCUT2D eigenvalue weighted by atomic mass is 9.96. The smallest absolute Gasteiger partial charge is 0.379 e. The molecule has 1 heterocycles. The van der Waals surface area contributed by atoms with Crippen molar-refractivity contribution in [3.05, 3.63) is 0 Å². The van der Waals surface area contributed by atoms with Gasteiger partial charge < -0.3 is 15.4 Å². The summed E-state index contributed by atoms with van der Waals surface area (Å²) in [6.45, 7) is 3.26. The second kappa shape index (κ2) is 8.13. The molecule has 2 N–H and O–H groups in total. The molecule has 0 unspecified atom stereocenters. The molecule has 0 spiro atoms. The summed E-state index contributed by atoms with van der Waals surface area (Å²) in [5.41, 5.74) is 5.25. The minimum atomic E-state index is -4.03.